The van der Waals surface area contributed by atoms with Gasteiger partial charge in [0, 0.05) is 48.3 Å². The van der Waals surface area contributed by atoms with E-state index in [0.717, 1.165) is 19.1 Å². The summed E-state index contributed by atoms with van der Waals surface area (Å²) in [4.78, 5) is 0. The molecular weight excluding hydrogens is 250 g/mol. The van der Waals surface area contributed by atoms with Crippen LogP contribution in [-0.4, -0.2) is 28.5 Å². The van der Waals surface area contributed by atoms with Crippen LogP contribution < -0.4 is 5.32 Å². The lowest BCUT2D eigenvalue weighted by Crippen LogP contribution is -2.71. The predicted molar refractivity (Wildman–Crippen MR) is 77.4 cm³/mol. The molecular formula is C16H25N3O. The monoisotopic (exact) mass is 275 g/mol. The lowest BCUT2D eigenvalue weighted by atomic mass is 9.46. The van der Waals surface area contributed by atoms with Crippen molar-refractivity contribution in [1.29, 1.82) is 0 Å². The Morgan fingerprint density at radius 3 is 3.05 bits per heavy atom. The number of hydrogen-bond acceptors (Lipinski definition) is 3. The first-order chi connectivity index (χ1) is 9.74. The summed E-state index contributed by atoms with van der Waals surface area (Å²) in [6, 6.07) is 1.04. The Hall–Kier alpha value is -0.870. The highest BCUT2D eigenvalue weighted by molar-refractivity contribution is 5.20. The van der Waals surface area contributed by atoms with Crippen molar-refractivity contribution in [3.8, 4) is 0 Å². The van der Waals surface area contributed by atoms with Crippen molar-refractivity contribution in [2.24, 2.45) is 11.3 Å². The van der Waals surface area contributed by atoms with E-state index in [-0.39, 0.29) is 0 Å². The number of nitrogens with one attached hydrogen (secondary N) is 1. The van der Waals surface area contributed by atoms with Gasteiger partial charge in [-0.15, -0.1) is 0 Å². The molecule has 2 aliphatic carbocycles. The lowest BCUT2D eigenvalue weighted by molar-refractivity contribution is -0.178. The second-order valence-electron chi connectivity index (χ2n) is 6.83. The van der Waals surface area contributed by atoms with Gasteiger partial charge in [-0.3, -0.25) is 4.68 Å². The van der Waals surface area contributed by atoms with E-state index in [1.807, 2.05) is 10.9 Å². The first kappa shape index (κ1) is 12.8. The molecule has 1 spiro atoms. The van der Waals surface area contributed by atoms with Crippen molar-refractivity contribution < 1.29 is 4.74 Å². The maximum absolute atomic E-state index is 5.99. The normalized spacial score (nSPS) is 35.4. The van der Waals surface area contributed by atoms with Crippen LogP contribution in [0.25, 0.3) is 0 Å². The standard InChI is InChI=1S/C16H25N3O/c1-3-19-10-12(9-17-19)11(2)18-14-13-5-8-20-15(13)16(14)6-4-7-16/h9-11,13-15,18H,3-8H2,1-2H3/t11-,13+,14+,15+/m0/s1. The van der Waals surface area contributed by atoms with Crippen molar-refractivity contribution in [1.82, 2.24) is 15.1 Å². The highest BCUT2D eigenvalue weighted by Crippen LogP contribution is 2.63. The number of hydrogen-bond donors (Lipinski definition) is 1. The number of nitrogens with zero attached hydrogens (tertiary/aromatic N) is 2. The average Bonchev–Trinajstić information content (AvgIpc) is 3.01. The number of fused-ring (bicyclic) bond motifs is 2. The molecule has 0 bridgehead atoms. The number of rotatable bonds is 4. The highest BCUT2D eigenvalue weighted by atomic mass is 16.5. The van der Waals surface area contributed by atoms with E-state index in [0.29, 0.717) is 23.6 Å². The van der Waals surface area contributed by atoms with Crippen LogP contribution >= 0.6 is 0 Å². The maximum Gasteiger partial charge on any atom is 0.0690 e. The molecule has 4 rings (SSSR count). The van der Waals surface area contributed by atoms with Crippen LogP contribution in [0.5, 0.6) is 0 Å². The van der Waals surface area contributed by atoms with E-state index in [1.54, 1.807) is 0 Å². The first-order valence-electron chi connectivity index (χ1n) is 8.14. The summed E-state index contributed by atoms with van der Waals surface area (Å²) in [7, 11) is 0. The SMILES string of the molecule is CCn1cc([C@H](C)N[C@@H]2[C@H]3CCO[C@H]3C23CCC3)cn1. The van der Waals surface area contributed by atoms with E-state index >= 15 is 0 Å². The van der Waals surface area contributed by atoms with Crippen molar-refractivity contribution in [2.45, 2.75) is 64.3 Å². The zero-order valence-corrected chi connectivity index (χ0v) is 12.5. The Kier molecular flexibility index (Phi) is 2.93. The summed E-state index contributed by atoms with van der Waals surface area (Å²) >= 11 is 0. The summed E-state index contributed by atoms with van der Waals surface area (Å²) < 4.78 is 8.00. The van der Waals surface area contributed by atoms with Gasteiger partial charge >= 0.3 is 0 Å². The van der Waals surface area contributed by atoms with Crippen LogP contribution in [0, 0.1) is 11.3 Å². The molecule has 20 heavy (non-hydrogen) atoms. The number of aryl methyl sites for hydroxylation is 1. The van der Waals surface area contributed by atoms with Gasteiger partial charge in [-0.25, -0.2) is 0 Å². The van der Waals surface area contributed by atoms with E-state index in [9.17, 15) is 0 Å². The number of aromatic nitrogens is 2. The molecule has 1 N–H and O–H groups in total. The Labute approximate surface area is 120 Å². The molecule has 3 aliphatic rings. The molecule has 1 saturated heterocycles. The molecule has 0 radical (unpaired) electrons. The third-order valence-corrected chi connectivity index (χ3v) is 5.94. The minimum absolute atomic E-state index is 0.388. The second-order valence-corrected chi connectivity index (χ2v) is 6.83. The molecule has 3 fully saturated rings. The van der Waals surface area contributed by atoms with Gasteiger partial charge < -0.3 is 10.1 Å². The summed E-state index contributed by atoms with van der Waals surface area (Å²) in [6.07, 6.45) is 10.1. The smallest absolute Gasteiger partial charge is 0.0690 e. The molecule has 4 nitrogen and oxygen atoms in total. The summed E-state index contributed by atoms with van der Waals surface area (Å²) in [5, 5.41) is 8.30. The third kappa shape index (κ3) is 1.64. The fraction of sp³-hybridized carbons (Fsp3) is 0.812. The summed E-state index contributed by atoms with van der Waals surface area (Å²) in [5.41, 5.74) is 1.78. The molecule has 1 aromatic heterocycles. The Morgan fingerprint density at radius 1 is 1.55 bits per heavy atom. The zero-order chi connectivity index (χ0) is 13.7. The van der Waals surface area contributed by atoms with Gasteiger partial charge in [0.2, 0.25) is 0 Å². The van der Waals surface area contributed by atoms with Crippen molar-refractivity contribution in [2.75, 3.05) is 6.61 Å². The fourth-order valence-corrected chi connectivity index (χ4v) is 4.64. The van der Waals surface area contributed by atoms with Gasteiger partial charge in [0.15, 0.2) is 0 Å². The molecule has 0 amide bonds. The summed E-state index contributed by atoms with van der Waals surface area (Å²) in [6.45, 7) is 6.31. The Morgan fingerprint density at radius 2 is 2.40 bits per heavy atom. The number of ether oxygens (including phenoxy) is 1. The van der Waals surface area contributed by atoms with Crippen LogP contribution in [0.1, 0.15) is 51.1 Å². The first-order valence-corrected chi connectivity index (χ1v) is 8.14. The minimum atomic E-state index is 0.388. The van der Waals surface area contributed by atoms with Crippen LogP contribution in [0.4, 0.5) is 0 Å². The quantitative estimate of drug-likeness (QED) is 0.917. The van der Waals surface area contributed by atoms with Gasteiger partial charge in [-0.05, 0) is 33.1 Å². The topological polar surface area (TPSA) is 39.1 Å². The van der Waals surface area contributed by atoms with Gasteiger partial charge in [0.05, 0.1) is 12.3 Å². The van der Waals surface area contributed by atoms with Crippen molar-refractivity contribution in [3.63, 3.8) is 0 Å². The molecule has 2 heterocycles. The van der Waals surface area contributed by atoms with E-state index in [4.69, 9.17) is 4.74 Å². The minimum Gasteiger partial charge on any atom is -0.377 e. The molecule has 110 valence electrons. The van der Waals surface area contributed by atoms with Crippen molar-refractivity contribution in [3.05, 3.63) is 18.0 Å². The molecule has 1 aromatic rings. The van der Waals surface area contributed by atoms with Crippen LogP contribution in [-0.2, 0) is 11.3 Å². The maximum atomic E-state index is 5.99. The molecule has 0 unspecified atom stereocenters. The average molecular weight is 275 g/mol. The Balaban J connectivity index is 1.48. The molecule has 4 heteroatoms. The zero-order valence-electron chi connectivity index (χ0n) is 12.5. The van der Waals surface area contributed by atoms with Crippen LogP contribution in [0.2, 0.25) is 0 Å². The molecule has 4 atom stereocenters. The Bertz CT molecular complexity index is 494. The van der Waals surface area contributed by atoms with Crippen molar-refractivity contribution >= 4 is 0 Å². The fourth-order valence-electron chi connectivity index (χ4n) is 4.64. The molecule has 1 aliphatic heterocycles. The van der Waals surface area contributed by atoms with Gasteiger partial charge in [0.25, 0.3) is 0 Å². The van der Waals surface area contributed by atoms with E-state index in [1.165, 1.54) is 31.2 Å². The van der Waals surface area contributed by atoms with Gasteiger partial charge in [-0.1, -0.05) is 6.42 Å². The predicted octanol–water partition coefficient (Wildman–Crippen LogP) is 2.51. The second kappa shape index (κ2) is 4.57. The van der Waals surface area contributed by atoms with E-state index in [2.05, 4.69) is 30.5 Å². The van der Waals surface area contributed by atoms with Gasteiger partial charge in [0.1, 0.15) is 0 Å². The molecule has 2 saturated carbocycles. The van der Waals surface area contributed by atoms with Crippen LogP contribution in [0.15, 0.2) is 12.4 Å². The lowest BCUT2D eigenvalue weighted by Gasteiger charge is -2.64. The molecule has 0 aromatic carbocycles. The summed E-state index contributed by atoms with van der Waals surface area (Å²) in [5.74, 6) is 0.749. The highest BCUT2D eigenvalue weighted by Gasteiger charge is 2.66. The van der Waals surface area contributed by atoms with E-state index < -0.39 is 0 Å². The third-order valence-electron chi connectivity index (χ3n) is 5.94. The largest absolute Gasteiger partial charge is 0.377 e. The van der Waals surface area contributed by atoms with Gasteiger partial charge in [-0.2, -0.15) is 5.10 Å². The van der Waals surface area contributed by atoms with Crippen LogP contribution in [0.3, 0.4) is 0 Å².